The van der Waals surface area contributed by atoms with Gasteiger partial charge in [-0.3, -0.25) is 0 Å². The van der Waals surface area contributed by atoms with E-state index in [9.17, 15) is 0 Å². The van der Waals surface area contributed by atoms with Crippen LogP contribution >= 0.6 is 0 Å². The van der Waals surface area contributed by atoms with Gasteiger partial charge in [-0.25, -0.2) is 4.98 Å². The van der Waals surface area contributed by atoms with Gasteiger partial charge in [0.15, 0.2) is 0 Å². The van der Waals surface area contributed by atoms with E-state index in [1.165, 1.54) is 33.3 Å². The van der Waals surface area contributed by atoms with E-state index in [2.05, 4.69) is 175 Å². The summed E-state index contributed by atoms with van der Waals surface area (Å²) in [5, 5.41) is 0. The molecule has 7 aromatic rings. The van der Waals surface area contributed by atoms with Crippen molar-refractivity contribution in [2.24, 2.45) is 0 Å². The second kappa shape index (κ2) is 11.2. The number of hydrogen-bond donors (Lipinski definition) is 0. The molecule has 0 amide bonds. The molecule has 1 aliphatic rings. The first kappa shape index (κ1) is 26.0. The predicted molar refractivity (Wildman–Crippen MR) is 186 cm³/mol. The maximum Gasteiger partial charge on any atom is 0.328 e. The van der Waals surface area contributed by atoms with Crippen molar-refractivity contribution in [3.05, 3.63) is 176 Å². The van der Waals surface area contributed by atoms with Crippen molar-refractivity contribution in [2.45, 2.75) is 0 Å². The summed E-state index contributed by atoms with van der Waals surface area (Å²) in [5.41, 5.74) is 13.9. The first-order valence-electron chi connectivity index (χ1n) is 15.1. The highest BCUT2D eigenvalue weighted by atomic mass is 15.1. The van der Waals surface area contributed by atoms with Gasteiger partial charge >= 0.3 is 6.85 Å². The number of benzene rings is 6. The molecule has 0 saturated carbocycles. The summed E-state index contributed by atoms with van der Waals surface area (Å²) in [4.78, 5) is 7.72. The SMILES string of the molecule is c1ccc(B2c3ccccc3-c3ccccc3N2c2cccc(-c3cc(-c4ccccc4)cc(-c4ccccc4)n3)c2)cc1. The Morgan fingerprint density at radius 2 is 0.977 bits per heavy atom. The number of hydrogen-bond acceptors (Lipinski definition) is 2. The highest BCUT2D eigenvalue weighted by molar-refractivity contribution is 6.90. The number of fused-ring (bicyclic) bond motifs is 3. The molecule has 0 spiro atoms. The zero-order valence-electron chi connectivity index (χ0n) is 24.2. The Hall–Kier alpha value is -5.67. The number of aromatic nitrogens is 1. The highest BCUT2D eigenvalue weighted by Crippen LogP contribution is 2.40. The van der Waals surface area contributed by atoms with Crippen LogP contribution in [0.2, 0.25) is 0 Å². The summed E-state index contributed by atoms with van der Waals surface area (Å²) in [6.45, 7) is 0.0287. The Labute approximate surface area is 259 Å². The van der Waals surface area contributed by atoms with Crippen LogP contribution in [0, 0.1) is 0 Å². The van der Waals surface area contributed by atoms with Gasteiger partial charge in [-0.1, -0.05) is 151 Å². The molecule has 8 rings (SSSR count). The molecule has 2 heterocycles. The lowest BCUT2D eigenvalue weighted by Crippen LogP contribution is -2.57. The van der Waals surface area contributed by atoms with Gasteiger partial charge in [-0.05, 0) is 52.5 Å². The standard InChI is InChI=1S/C41H29BN2/c1-4-15-30(16-5-1)33-28-39(31-17-6-2-7-18-31)43-40(29-33)32-19-14-22-35(27-32)44-41-26-13-11-24-37(41)36-23-10-12-25-38(36)42(44)34-20-8-3-9-21-34/h1-29H. The summed E-state index contributed by atoms with van der Waals surface area (Å²) in [6.07, 6.45) is 0. The van der Waals surface area contributed by atoms with E-state index in [0.29, 0.717) is 0 Å². The lowest BCUT2D eigenvalue weighted by atomic mass is 9.46. The van der Waals surface area contributed by atoms with Crippen molar-refractivity contribution in [1.29, 1.82) is 0 Å². The molecule has 0 fully saturated rings. The van der Waals surface area contributed by atoms with Crippen LogP contribution in [0.3, 0.4) is 0 Å². The van der Waals surface area contributed by atoms with E-state index in [1.807, 2.05) is 6.07 Å². The third kappa shape index (κ3) is 4.69. The number of para-hydroxylation sites is 1. The third-order valence-electron chi connectivity index (χ3n) is 8.50. The quantitative estimate of drug-likeness (QED) is 0.195. The molecule has 0 N–H and O–H groups in total. The molecule has 2 nitrogen and oxygen atoms in total. The van der Waals surface area contributed by atoms with Crippen LogP contribution in [-0.4, -0.2) is 11.8 Å². The van der Waals surface area contributed by atoms with Crippen molar-refractivity contribution in [1.82, 2.24) is 4.98 Å². The summed E-state index contributed by atoms with van der Waals surface area (Å²) in [6, 6.07) is 62.7. The van der Waals surface area contributed by atoms with Crippen molar-refractivity contribution < 1.29 is 0 Å². The Kier molecular flexibility index (Phi) is 6.62. The van der Waals surface area contributed by atoms with Crippen LogP contribution in [0.5, 0.6) is 0 Å². The first-order valence-corrected chi connectivity index (χ1v) is 15.1. The van der Waals surface area contributed by atoms with Crippen LogP contribution in [0.1, 0.15) is 0 Å². The minimum absolute atomic E-state index is 0.0287. The van der Waals surface area contributed by atoms with Crippen LogP contribution in [0.15, 0.2) is 176 Å². The fraction of sp³-hybridized carbons (Fsp3) is 0. The normalized spacial score (nSPS) is 12.0. The maximum absolute atomic E-state index is 5.22. The van der Waals surface area contributed by atoms with Crippen molar-refractivity contribution >= 4 is 29.1 Å². The van der Waals surface area contributed by atoms with Gasteiger partial charge < -0.3 is 4.81 Å². The van der Waals surface area contributed by atoms with Gasteiger partial charge in [-0.15, -0.1) is 0 Å². The van der Waals surface area contributed by atoms with Crippen molar-refractivity contribution in [3.63, 3.8) is 0 Å². The van der Waals surface area contributed by atoms with Crippen LogP contribution in [0.25, 0.3) is 44.8 Å². The number of anilines is 2. The van der Waals surface area contributed by atoms with E-state index in [0.717, 1.165) is 33.8 Å². The topological polar surface area (TPSA) is 16.1 Å². The molecule has 206 valence electrons. The van der Waals surface area contributed by atoms with E-state index >= 15 is 0 Å². The van der Waals surface area contributed by atoms with Crippen molar-refractivity contribution in [2.75, 3.05) is 4.81 Å². The lowest BCUT2D eigenvalue weighted by Gasteiger charge is -2.39. The minimum Gasteiger partial charge on any atom is -0.376 e. The monoisotopic (exact) mass is 560 g/mol. The molecule has 0 saturated heterocycles. The molecule has 6 aromatic carbocycles. The van der Waals surface area contributed by atoms with Gasteiger partial charge in [0.25, 0.3) is 0 Å². The molecule has 0 atom stereocenters. The molecule has 3 heteroatoms. The summed E-state index contributed by atoms with van der Waals surface area (Å²) in [5.74, 6) is 0. The average molecular weight is 561 g/mol. The van der Waals surface area contributed by atoms with Gasteiger partial charge in [0.1, 0.15) is 0 Å². The minimum atomic E-state index is 0.0287. The fourth-order valence-electron chi connectivity index (χ4n) is 6.47. The largest absolute Gasteiger partial charge is 0.376 e. The molecular formula is C41H29BN2. The van der Waals surface area contributed by atoms with Gasteiger partial charge in [-0.2, -0.15) is 0 Å². The Balaban J connectivity index is 1.32. The zero-order valence-corrected chi connectivity index (χ0v) is 24.2. The smallest absolute Gasteiger partial charge is 0.328 e. The molecule has 44 heavy (non-hydrogen) atoms. The van der Waals surface area contributed by atoms with E-state index < -0.39 is 0 Å². The number of rotatable bonds is 5. The molecule has 0 unspecified atom stereocenters. The molecule has 0 aliphatic carbocycles. The lowest BCUT2D eigenvalue weighted by molar-refractivity contribution is 1.31. The van der Waals surface area contributed by atoms with Crippen molar-refractivity contribution in [3.8, 4) is 44.8 Å². The summed E-state index contributed by atoms with van der Waals surface area (Å²) >= 11 is 0. The third-order valence-corrected chi connectivity index (χ3v) is 8.50. The van der Waals surface area contributed by atoms with Crippen LogP contribution < -0.4 is 15.7 Å². The second-order valence-electron chi connectivity index (χ2n) is 11.2. The molecule has 0 bridgehead atoms. The van der Waals surface area contributed by atoms with Gasteiger partial charge in [0.05, 0.1) is 11.4 Å². The Morgan fingerprint density at radius 3 is 1.73 bits per heavy atom. The molecule has 0 radical (unpaired) electrons. The van der Waals surface area contributed by atoms with Crippen LogP contribution in [-0.2, 0) is 0 Å². The fourth-order valence-corrected chi connectivity index (χ4v) is 6.47. The summed E-state index contributed by atoms with van der Waals surface area (Å²) in [7, 11) is 0. The molecule has 1 aliphatic heterocycles. The zero-order chi connectivity index (χ0) is 29.3. The highest BCUT2D eigenvalue weighted by Gasteiger charge is 2.36. The second-order valence-corrected chi connectivity index (χ2v) is 11.2. The Bertz CT molecular complexity index is 2020. The van der Waals surface area contributed by atoms with Gasteiger partial charge in [0.2, 0.25) is 0 Å². The van der Waals surface area contributed by atoms with E-state index in [1.54, 1.807) is 0 Å². The maximum atomic E-state index is 5.22. The van der Waals surface area contributed by atoms with Crippen LogP contribution in [0.4, 0.5) is 11.4 Å². The first-order chi connectivity index (χ1) is 21.8. The van der Waals surface area contributed by atoms with E-state index in [-0.39, 0.29) is 6.85 Å². The average Bonchev–Trinajstić information content (AvgIpc) is 3.12. The molecule has 1 aromatic heterocycles. The predicted octanol–water partition coefficient (Wildman–Crippen LogP) is 9.01. The van der Waals surface area contributed by atoms with Gasteiger partial charge in [0, 0.05) is 28.1 Å². The number of pyridine rings is 1. The summed E-state index contributed by atoms with van der Waals surface area (Å²) < 4.78 is 0. The Morgan fingerprint density at radius 1 is 0.409 bits per heavy atom. The van der Waals surface area contributed by atoms with E-state index in [4.69, 9.17) is 4.98 Å². The number of nitrogens with zero attached hydrogens (tertiary/aromatic N) is 2. The molecular weight excluding hydrogens is 531 g/mol.